The zero-order valence-electron chi connectivity index (χ0n) is 23.2. The fourth-order valence-corrected chi connectivity index (χ4v) is 5.63. The van der Waals surface area contributed by atoms with Gasteiger partial charge in [-0.1, -0.05) is 66.7 Å². The Kier molecular flexibility index (Phi) is 9.48. The van der Waals surface area contributed by atoms with E-state index in [4.69, 9.17) is 6.57 Å². The van der Waals surface area contributed by atoms with Gasteiger partial charge in [0, 0.05) is 45.2 Å². The number of hydrogen-bond acceptors (Lipinski definition) is 4. The molecule has 0 aliphatic carbocycles. The van der Waals surface area contributed by atoms with Crippen molar-refractivity contribution in [2.45, 2.75) is 31.8 Å². The van der Waals surface area contributed by atoms with Crippen LogP contribution in [-0.2, 0) is 16.1 Å². The Labute approximate surface area is 231 Å². The minimum absolute atomic E-state index is 0.169. The lowest BCUT2D eigenvalue weighted by Crippen LogP contribution is -2.52. The van der Waals surface area contributed by atoms with Crippen molar-refractivity contribution in [3.8, 4) is 0 Å². The molecule has 2 aliphatic rings. The van der Waals surface area contributed by atoms with Gasteiger partial charge in [0.25, 0.3) is 0 Å². The first-order valence-electron chi connectivity index (χ1n) is 13.3. The average molecular weight is 524 g/mol. The molecule has 2 atom stereocenters. The first kappa shape index (κ1) is 28.0. The van der Waals surface area contributed by atoms with Crippen LogP contribution in [0.25, 0.3) is 15.6 Å². The quantitative estimate of drug-likeness (QED) is 0.322. The summed E-state index contributed by atoms with van der Waals surface area (Å²) in [6.45, 7) is 10.8. The predicted molar refractivity (Wildman–Crippen MR) is 157 cm³/mol. The summed E-state index contributed by atoms with van der Waals surface area (Å²) in [7, 11) is 4.67. The number of piperazine rings is 1. The number of amides is 1. The highest BCUT2D eigenvalue weighted by Gasteiger charge is 2.37. The summed E-state index contributed by atoms with van der Waals surface area (Å²) in [5.74, 6) is 1.64. The standard InChI is InChI=1S/C28H28N4O.C2H3N.C2H6O/c1-20-29-17-27-26(16-23(18-32(20)27)21-8-3-2-4-9-21)30-14-15-31(28(33)19-30)25-13-7-11-22-10-5-6-12-24(22)25;2*1-3-2/h2-13,17,23,26H,14-16,18-19H2,1H3;1H3;1-2H3/t23-,26?;;/m1../s1. The molecule has 4 aromatic rings. The highest BCUT2D eigenvalue weighted by Crippen LogP contribution is 2.40. The Hall–Kier alpha value is -3.99. The van der Waals surface area contributed by atoms with Crippen LogP contribution >= 0.6 is 0 Å². The van der Waals surface area contributed by atoms with E-state index < -0.39 is 0 Å². The first-order chi connectivity index (χ1) is 19.0. The van der Waals surface area contributed by atoms with E-state index in [2.05, 4.69) is 85.6 Å². The fraction of sp³-hybridized carbons (Fsp3) is 0.344. The number of hydrogen-bond donors (Lipinski definition) is 0. The predicted octanol–water partition coefficient (Wildman–Crippen LogP) is 5.72. The van der Waals surface area contributed by atoms with Gasteiger partial charge in [0.05, 0.1) is 30.2 Å². The van der Waals surface area contributed by atoms with Gasteiger partial charge in [0.15, 0.2) is 0 Å². The minimum Gasteiger partial charge on any atom is -0.388 e. The Balaban J connectivity index is 0.000000541. The third kappa shape index (κ3) is 6.19. The third-order valence-corrected chi connectivity index (χ3v) is 7.36. The van der Waals surface area contributed by atoms with Gasteiger partial charge in [-0.25, -0.2) is 11.6 Å². The number of methoxy groups -OCH3 is 1. The van der Waals surface area contributed by atoms with Crippen molar-refractivity contribution in [1.29, 1.82) is 0 Å². The number of anilines is 1. The zero-order valence-corrected chi connectivity index (χ0v) is 23.2. The van der Waals surface area contributed by atoms with Crippen molar-refractivity contribution < 1.29 is 9.53 Å². The van der Waals surface area contributed by atoms with E-state index in [1.807, 2.05) is 29.3 Å². The summed E-state index contributed by atoms with van der Waals surface area (Å²) in [6.07, 6.45) is 3.03. The van der Waals surface area contributed by atoms with Crippen LogP contribution in [0.2, 0.25) is 0 Å². The van der Waals surface area contributed by atoms with Crippen molar-refractivity contribution in [2.24, 2.45) is 0 Å². The van der Waals surface area contributed by atoms with Gasteiger partial charge in [-0.3, -0.25) is 9.69 Å². The highest BCUT2D eigenvalue weighted by atomic mass is 16.4. The van der Waals surface area contributed by atoms with Crippen LogP contribution < -0.4 is 4.90 Å². The molecule has 202 valence electrons. The second-order valence-electron chi connectivity index (χ2n) is 9.85. The molecular weight excluding hydrogens is 486 g/mol. The maximum atomic E-state index is 13.4. The number of ether oxygens (including phenoxy) is 1. The molecular formula is C32H37N5O2. The highest BCUT2D eigenvalue weighted by molar-refractivity contribution is 6.04. The van der Waals surface area contributed by atoms with Crippen molar-refractivity contribution >= 4 is 22.4 Å². The molecule has 0 bridgehead atoms. The number of nitrogens with zero attached hydrogens (tertiary/aromatic N) is 5. The van der Waals surface area contributed by atoms with E-state index in [0.717, 1.165) is 36.4 Å². The average Bonchev–Trinajstić information content (AvgIpc) is 3.34. The lowest BCUT2D eigenvalue weighted by Gasteiger charge is -2.42. The van der Waals surface area contributed by atoms with Gasteiger partial charge in [-0.2, -0.15) is 0 Å². The molecule has 7 nitrogen and oxygen atoms in total. The number of aromatic nitrogens is 2. The smallest absolute Gasteiger partial charge is 0.241 e. The molecule has 1 unspecified atom stereocenters. The van der Waals surface area contributed by atoms with Crippen LogP contribution in [0.15, 0.2) is 79.0 Å². The van der Waals surface area contributed by atoms with Crippen molar-refractivity contribution in [1.82, 2.24) is 14.5 Å². The summed E-state index contributed by atoms with van der Waals surface area (Å²) < 4.78 is 6.60. The maximum absolute atomic E-state index is 13.4. The molecule has 1 amide bonds. The first-order valence-corrected chi connectivity index (χ1v) is 13.3. The topological polar surface area (TPSA) is 55.0 Å². The second-order valence-corrected chi connectivity index (χ2v) is 9.85. The molecule has 1 saturated heterocycles. The Bertz CT molecular complexity index is 1420. The molecule has 6 rings (SSSR count). The van der Waals surface area contributed by atoms with Crippen molar-refractivity contribution in [3.05, 3.63) is 107 Å². The van der Waals surface area contributed by atoms with E-state index in [0.29, 0.717) is 19.0 Å². The summed E-state index contributed by atoms with van der Waals surface area (Å²) >= 11 is 0. The van der Waals surface area contributed by atoms with Gasteiger partial charge in [-0.05, 0) is 30.4 Å². The third-order valence-electron chi connectivity index (χ3n) is 7.36. The van der Waals surface area contributed by atoms with E-state index >= 15 is 0 Å². The number of aryl methyl sites for hydroxylation is 1. The number of imidazole rings is 1. The van der Waals surface area contributed by atoms with Crippen molar-refractivity contribution in [2.75, 3.05) is 45.8 Å². The largest absolute Gasteiger partial charge is 0.388 e. The van der Waals surface area contributed by atoms with E-state index in [1.165, 1.54) is 23.7 Å². The van der Waals surface area contributed by atoms with Crippen LogP contribution in [0, 0.1) is 13.5 Å². The Morgan fingerprint density at radius 2 is 1.64 bits per heavy atom. The zero-order chi connectivity index (χ0) is 27.8. The molecule has 0 N–H and O–H groups in total. The molecule has 3 heterocycles. The molecule has 2 aliphatic heterocycles. The van der Waals surface area contributed by atoms with Crippen LogP contribution in [0.4, 0.5) is 5.69 Å². The number of carbonyl (C=O) groups is 1. The van der Waals surface area contributed by atoms with Gasteiger partial charge in [0.2, 0.25) is 13.0 Å². The molecule has 7 heteroatoms. The number of benzene rings is 3. The number of rotatable bonds is 3. The summed E-state index contributed by atoms with van der Waals surface area (Å²) in [4.78, 5) is 25.1. The molecule has 0 radical (unpaired) electrons. The molecule has 0 spiro atoms. The Morgan fingerprint density at radius 1 is 0.974 bits per heavy atom. The molecule has 39 heavy (non-hydrogen) atoms. The van der Waals surface area contributed by atoms with Crippen LogP contribution in [0.1, 0.15) is 35.5 Å². The Morgan fingerprint density at radius 3 is 2.36 bits per heavy atom. The second kappa shape index (κ2) is 13.2. The molecule has 3 aromatic carbocycles. The van der Waals surface area contributed by atoms with E-state index in [-0.39, 0.29) is 11.9 Å². The number of fused-ring (bicyclic) bond motifs is 2. The summed E-state index contributed by atoms with van der Waals surface area (Å²) in [6, 6.07) is 25.5. The van der Waals surface area contributed by atoms with Gasteiger partial charge < -0.3 is 19.0 Å². The lowest BCUT2D eigenvalue weighted by molar-refractivity contribution is -0.122. The van der Waals surface area contributed by atoms with Gasteiger partial charge >= 0.3 is 0 Å². The monoisotopic (exact) mass is 523 g/mol. The van der Waals surface area contributed by atoms with Crippen LogP contribution in [0.5, 0.6) is 0 Å². The van der Waals surface area contributed by atoms with Crippen LogP contribution in [0.3, 0.4) is 0 Å². The minimum atomic E-state index is 0.169. The summed E-state index contributed by atoms with van der Waals surface area (Å²) in [5, 5.41) is 2.31. The van der Waals surface area contributed by atoms with Crippen LogP contribution in [-0.4, -0.2) is 61.3 Å². The molecule has 1 aromatic heterocycles. The normalized spacial score (nSPS) is 18.7. The van der Waals surface area contributed by atoms with Gasteiger partial charge in [0.1, 0.15) is 5.82 Å². The SMILES string of the molecule is COC.Cc1ncc2n1C[C@H](c1ccccc1)CC2N1CCN(c2cccc3ccccc23)C(=O)C1.[C-]#[N+]C. The lowest BCUT2D eigenvalue weighted by atomic mass is 9.87. The van der Waals surface area contributed by atoms with E-state index in [1.54, 1.807) is 14.2 Å². The van der Waals surface area contributed by atoms with E-state index in [9.17, 15) is 4.79 Å². The van der Waals surface area contributed by atoms with Gasteiger partial charge in [-0.15, -0.1) is 0 Å². The molecule has 0 saturated carbocycles. The maximum Gasteiger partial charge on any atom is 0.241 e. The van der Waals surface area contributed by atoms with Crippen molar-refractivity contribution in [3.63, 3.8) is 0 Å². The summed E-state index contributed by atoms with van der Waals surface area (Å²) in [5.41, 5.74) is 3.62. The fourth-order valence-electron chi connectivity index (χ4n) is 5.63. The number of carbonyl (C=O) groups excluding carboxylic acids is 1. The molecule has 1 fully saturated rings.